The molecule has 1 aromatic carbocycles. The molecule has 0 aliphatic heterocycles. The summed E-state index contributed by atoms with van der Waals surface area (Å²) in [7, 11) is 1.44. The van der Waals surface area contributed by atoms with Gasteiger partial charge in [-0.05, 0) is 29.3 Å². The number of aromatic amines is 1. The van der Waals surface area contributed by atoms with E-state index in [-0.39, 0.29) is 11.5 Å². The van der Waals surface area contributed by atoms with Crippen molar-refractivity contribution in [2.75, 3.05) is 7.11 Å². The molecule has 0 saturated heterocycles. The third-order valence-electron chi connectivity index (χ3n) is 3.27. The molecular weight excluding hydrogens is 283 g/mol. The first-order valence-corrected chi connectivity index (χ1v) is 7.15. The Morgan fingerprint density at radius 1 is 1.27 bits per heavy atom. The van der Waals surface area contributed by atoms with Crippen molar-refractivity contribution < 1.29 is 14.2 Å². The topological polar surface area (TPSA) is 58.1 Å². The molecule has 0 bridgehead atoms. The van der Waals surface area contributed by atoms with E-state index >= 15 is 0 Å². The number of ether oxygens (including phenoxy) is 1. The largest absolute Gasteiger partial charge is 0.504 e. The number of hydrogen-bond donors (Lipinski definition) is 2. The van der Waals surface area contributed by atoms with Gasteiger partial charge in [-0.1, -0.05) is 13.8 Å². The lowest BCUT2D eigenvalue weighted by Crippen LogP contribution is -1.94. The van der Waals surface area contributed by atoms with Crippen molar-refractivity contribution in [2.45, 2.75) is 20.3 Å². The fourth-order valence-corrected chi connectivity index (χ4v) is 2.25. The summed E-state index contributed by atoms with van der Waals surface area (Å²) in [5.41, 5.74) is 2.18. The van der Waals surface area contributed by atoms with Gasteiger partial charge in [-0.3, -0.25) is 0 Å². The van der Waals surface area contributed by atoms with Gasteiger partial charge in [0.1, 0.15) is 11.5 Å². The summed E-state index contributed by atoms with van der Waals surface area (Å²) in [4.78, 5) is 7.25. The lowest BCUT2D eigenvalue weighted by Gasteiger charge is -2.08. The Morgan fingerprint density at radius 3 is 2.77 bits per heavy atom. The molecule has 2 heterocycles. The SMILES string of the molecule is CC.COc1cc(Cc2c[nH]c3ncccc23)c(F)cc1O. The third-order valence-corrected chi connectivity index (χ3v) is 3.27. The van der Waals surface area contributed by atoms with Crippen LogP contribution in [0.1, 0.15) is 25.0 Å². The molecule has 0 aliphatic rings. The summed E-state index contributed by atoms with van der Waals surface area (Å²) < 4.78 is 18.9. The predicted octanol–water partition coefficient (Wildman–Crippen LogP) is 4.03. The molecule has 3 aromatic rings. The fraction of sp³-hybridized carbons (Fsp3) is 0.235. The highest BCUT2D eigenvalue weighted by atomic mass is 19.1. The number of methoxy groups -OCH3 is 1. The second-order valence-electron chi connectivity index (χ2n) is 4.51. The molecule has 5 heteroatoms. The molecular formula is C17H19FN2O2. The third kappa shape index (κ3) is 3.03. The van der Waals surface area contributed by atoms with Crippen molar-refractivity contribution in [2.24, 2.45) is 0 Å². The second kappa shape index (κ2) is 6.93. The van der Waals surface area contributed by atoms with Crippen LogP contribution in [0.5, 0.6) is 11.5 Å². The van der Waals surface area contributed by atoms with Crippen LogP contribution in [-0.2, 0) is 6.42 Å². The Balaban J connectivity index is 0.000000847. The van der Waals surface area contributed by atoms with Crippen molar-refractivity contribution in [3.63, 3.8) is 0 Å². The molecule has 0 spiro atoms. The van der Waals surface area contributed by atoms with E-state index in [1.807, 2.05) is 32.2 Å². The van der Waals surface area contributed by atoms with Crippen LogP contribution in [0.2, 0.25) is 0 Å². The summed E-state index contributed by atoms with van der Waals surface area (Å²) in [5, 5.41) is 10.5. The number of phenolic OH excluding ortho intramolecular Hbond substituents is 1. The predicted molar refractivity (Wildman–Crippen MR) is 84.9 cm³/mol. The molecule has 0 aliphatic carbocycles. The van der Waals surface area contributed by atoms with Gasteiger partial charge in [-0.25, -0.2) is 9.37 Å². The van der Waals surface area contributed by atoms with E-state index in [4.69, 9.17) is 4.74 Å². The molecule has 116 valence electrons. The quantitative estimate of drug-likeness (QED) is 0.768. The minimum absolute atomic E-state index is 0.200. The number of H-pyrrole nitrogens is 1. The van der Waals surface area contributed by atoms with Crippen molar-refractivity contribution in [1.29, 1.82) is 0 Å². The van der Waals surface area contributed by atoms with Crippen LogP contribution in [0.3, 0.4) is 0 Å². The normalized spacial score (nSPS) is 10.2. The van der Waals surface area contributed by atoms with Gasteiger partial charge in [0.25, 0.3) is 0 Å². The average Bonchev–Trinajstić information content (AvgIpc) is 2.95. The number of benzene rings is 1. The molecule has 22 heavy (non-hydrogen) atoms. The lowest BCUT2D eigenvalue weighted by molar-refractivity contribution is 0.370. The van der Waals surface area contributed by atoms with Gasteiger partial charge in [0.15, 0.2) is 11.5 Å². The first kappa shape index (κ1) is 15.8. The lowest BCUT2D eigenvalue weighted by atomic mass is 10.0. The van der Waals surface area contributed by atoms with E-state index in [9.17, 15) is 9.50 Å². The molecule has 3 rings (SSSR count). The molecule has 4 nitrogen and oxygen atoms in total. The fourth-order valence-electron chi connectivity index (χ4n) is 2.25. The summed E-state index contributed by atoms with van der Waals surface area (Å²) in [6.07, 6.45) is 3.91. The van der Waals surface area contributed by atoms with Gasteiger partial charge in [-0.15, -0.1) is 0 Å². The summed E-state index contributed by atoms with van der Waals surface area (Å²) in [6.45, 7) is 4.00. The molecule has 0 amide bonds. The summed E-state index contributed by atoms with van der Waals surface area (Å²) in [5.74, 6) is -0.393. The monoisotopic (exact) mass is 302 g/mol. The van der Waals surface area contributed by atoms with E-state index in [1.165, 1.54) is 13.2 Å². The minimum Gasteiger partial charge on any atom is -0.504 e. The van der Waals surface area contributed by atoms with Gasteiger partial charge >= 0.3 is 0 Å². The number of nitrogens with one attached hydrogen (secondary N) is 1. The summed E-state index contributed by atoms with van der Waals surface area (Å²) >= 11 is 0. The zero-order valence-corrected chi connectivity index (χ0v) is 12.9. The highest BCUT2D eigenvalue weighted by Crippen LogP contribution is 2.30. The van der Waals surface area contributed by atoms with E-state index in [1.54, 1.807) is 6.20 Å². The number of aromatic nitrogens is 2. The van der Waals surface area contributed by atoms with Crippen LogP contribution in [0.15, 0.2) is 36.7 Å². The summed E-state index contributed by atoms with van der Waals surface area (Å²) in [6, 6.07) is 6.36. The van der Waals surface area contributed by atoms with Crippen LogP contribution in [0.25, 0.3) is 11.0 Å². The van der Waals surface area contributed by atoms with Crippen molar-refractivity contribution in [3.8, 4) is 11.5 Å². The van der Waals surface area contributed by atoms with E-state index in [2.05, 4.69) is 9.97 Å². The molecule has 2 N–H and O–H groups in total. The Bertz CT molecular complexity index is 768. The van der Waals surface area contributed by atoms with E-state index in [0.717, 1.165) is 22.7 Å². The molecule has 0 radical (unpaired) electrons. The van der Waals surface area contributed by atoms with Gasteiger partial charge in [0.2, 0.25) is 0 Å². The Hall–Kier alpha value is -2.56. The van der Waals surface area contributed by atoms with Gasteiger partial charge in [0, 0.05) is 30.3 Å². The van der Waals surface area contributed by atoms with Crippen LogP contribution in [-0.4, -0.2) is 22.2 Å². The molecule has 2 aromatic heterocycles. The maximum Gasteiger partial charge on any atom is 0.160 e. The highest BCUT2D eigenvalue weighted by Gasteiger charge is 2.12. The van der Waals surface area contributed by atoms with Gasteiger partial charge < -0.3 is 14.8 Å². The maximum absolute atomic E-state index is 13.9. The number of rotatable bonds is 3. The minimum atomic E-state index is -0.457. The van der Waals surface area contributed by atoms with E-state index < -0.39 is 5.82 Å². The van der Waals surface area contributed by atoms with Crippen LogP contribution in [0, 0.1) is 5.82 Å². The molecule has 0 fully saturated rings. The Labute approximate surface area is 128 Å². The highest BCUT2D eigenvalue weighted by molar-refractivity contribution is 5.79. The average molecular weight is 302 g/mol. The first-order valence-electron chi connectivity index (χ1n) is 7.15. The molecule has 0 saturated carbocycles. The van der Waals surface area contributed by atoms with Crippen molar-refractivity contribution in [3.05, 3.63) is 53.6 Å². The van der Waals surface area contributed by atoms with Crippen LogP contribution in [0.4, 0.5) is 4.39 Å². The standard InChI is InChI=1S/C15H13FN2O2.C2H6/c1-20-14-6-9(12(16)7-13(14)19)5-10-8-18-15-11(10)3-2-4-17-15;1-2/h2-4,6-8,19H,5H2,1H3,(H,17,18);1-2H3. The van der Waals surface area contributed by atoms with Gasteiger partial charge in [0.05, 0.1) is 7.11 Å². The second-order valence-corrected chi connectivity index (χ2v) is 4.51. The number of phenols is 1. The number of nitrogens with zero attached hydrogens (tertiary/aromatic N) is 1. The molecule has 0 atom stereocenters. The zero-order valence-electron chi connectivity index (χ0n) is 12.9. The van der Waals surface area contributed by atoms with Crippen LogP contribution >= 0.6 is 0 Å². The maximum atomic E-state index is 13.9. The number of pyridine rings is 1. The number of fused-ring (bicyclic) bond motifs is 1. The first-order chi connectivity index (χ1) is 10.7. The van der Waals surface area contributed by atoms with Crippen molar-refractivity contribution >= 4 is 11.0 Å². The molecule has 0 unspecified atom stereocenters. The Morgan fingerprint density at radius 2 is 2.05 bits per heavy atom. The van der Waals surface area contributed by atoms with E-state index in [0.29, 0.717) is 12.0 Å². The Kier molecular flexibility index (Phi) is 4.99. The van der Waals surface area contributed by atoms with Crippen molar-refractivity contribution in [1.82, 2.24) is 9.97 Å². The van der Waals surface area contributed by atoms with Crippen LogP contribution < -0.4 is 4.74 Å². The number of aromatic hydroxyl groups is 1. The smallest absolute Gasteiger partial charge is 0.160 e. The zero-order chi connectivity index (χ0) is 16.1. The number of hydrogen-bond acceptors (Lipinski definition) is 3. The number of halogens is 1. The van der Waals surface area contributed by atoms with Gasteiger partial charge in [-0.2, -0.15) is 0 Å².